The Balaban J connectivity index is 2.31. The first kappa shape index (κ1) is 14.9. The van der Waals surface area contributed by atoms with Crippen molar-refractivity contribution in [3.05, 3.63) is 62.2 Å². The number of nitrogens with zero attached hydrogens (tertiary/aromatic N) is 3. The Morgan fingerprint density at radius 2 is 2.24 bits per heavy atom. The first-order chi connectivity index (χ1) is 10.0. The molecule has 0 aliphatic rings. The van der Waals surface area contributed by atoms with Crippen LogP contribution in [0, 0.1) is 21.4 Å². The van der Waals surface area contributed by atoms with Crippen LogP contribution in [0.5, 0.6) is 5.75 Å². The van der Waals surface area contributed by atoms with E-state index in [1.54, 1.807) is 31.2 Å². The van der Waals surface area contributed by atoms with Crippen LogP contribution in [0.1, 0.15) is 24.2 Å². The summed E-state index contributed by atoms with van der Waals surface area (Å²) in [6, 6.07) is 10.4. The third-order valence-electron chi connectivity index (χ3n) is 2.76. The number of halogens is 1. The second-order valence-corrected chi connectivity index (χ2v) is 5.15. The van der Waals surface area contributed by atoms with Crippen molar-refractivity contribution in [1.82, 2.24) is 4.98 Å². The summed E-state index contributed by atoms with van der Waals surface area (Å²) in [4.78, 5) is 14.1. The number of hydrogen-bond donors (Lipinski definition) is 0. The number of hydrogen-bond acceptors (Lipinski definition) is 5. The minimum atomic E-state index is -0.597. The molecular weight excluding hydrogens is 338 g/mol. The number of benzene rings is 1. The average molecular weight is 348 g/mol. The molecule has 0 bridgehead atoms. The summed E-state index contributed by atoms with van der Waals surface area (Å²) in [6.45, 7) is 1.75. The van der Waals surface area contributed by atoms with E-state index in [1.807, 2.05) is 6.07 Å². The van der Waals surface area contributed by atoms with Crippen LogP contribution in [-0.2, 0) is 0 Å². The van der Waals surface area contributed by atoms with E-state index in [9.17, 15) is 10.1 Å². The number of ether oxygens (including phenoxy) is 1. The van der Waals surface area contributed by atoms with Gasteiger partial charge in [0.2, 0.25) is 5.75 Å². The van der Waals surface area contributed by atoms with Crippen molar-refractivity contribution in [2.75, 3.05) is 0 Å². The highest BCUT2D eigenvalue weighted by Gasteiger charge is 2.20. The summed E-state index contributed by atoms with van der Waals surface area (Å²) in [6.07, 6.45) is 0.888. The van der Waals surface area contributed by atoms with E-state index in [0.717, 1.165) is 5.56 Å². The van der Waals surface area contributed by atoms with Gasteiger partial charge < -0.3 is 14.9 Å². The number of rotatable bonds is 4. The van der Waals surface area contributed by atoms with Gasteiger partial charge in [0.05, 0.1) is 16.1 Å². The average Bonchev–Trinajstić information content (AvgIpc) is 2.47. The Morgan fingerprint density at radius 1 is 1.48 bits per heavy atom. The Bertz CT molecular complexity index is 728. The summed E-state index contributed by atoms with van der Waals surface area (Å²) in [5.41, 5.74) is 1.26. The molecule has 0 spiro atoms. The van der Waals surface area contributed by atoms with E-state index in [2.05, 4.69) is 20.9 Å². The summed E-state index contributed by atoms with van der Waals surface area (Å²) in [5.74, 6) is -0.272. The van der Waals surface area contributed by atoms with Crippen LogP contribution in [0.3, 0.4) is 0 Å². The summed E-state index contributed by atoms with van der Waals surface area (Å²) >= 11 is 3.21. The van der Waals surface area contributed by atoms with E-state index in [4.69, 9.17) is 10.00 Å². The standard InChI is InChI=1S/C14H10BrN3O3/c1-9(11-4-2-3-10(5-11)7-16)21-13-6-12(15)8-17-14(13)18(19)20/h2-6,8-9H,1H3/t9-/m0/s1. The van der Waals surface area contributed by atoms with Crippen molar-refractivity contribution in [2.45, 2.75) is 13.0 Å². The van der Waals surface area contributed by atoms with Crippen molar-refractivity contribution in [3.8, 4) is 11.8 Å². The van der Waals surface area contributed by atoms with Crippen LogP contribution >= 0.6 is 15.9 Å². The molecule has 0 saturated heterocycles. The lowest BCUT2D eigenvalue weighted by Gasteiger charge is -2.15. The number of aromatic nitrogens is 1. The highest BCUT2D eigenvalue weighted by molar-refractivity contribution is 9.10. The fraction of sp³-hybridized carbons (Fsp3) is 0.143. The van der Waals surface area contributed by atoms with E-state index >= 15 is 0 Å². The van der Waals surface area contributed by atoms with Crippen molar-refractivity contribution >= 4 is 21.7 Å². The van der Waals surface area contributed by atoms with Gasteiger partial charge >= 0.3 is 5.82 Å². The lowest BCUT2D eigenvalue weighted by Crippen LogP contribution is -2.06. The molecule has 0 aliphatic carbocycles. The molecule has 1 aromatic heterocycles. The van der Waals surface area contributed by atoms with E-state index in [-0.39, 0.29) is 11.6 Å². The maximum atomic E-state index is 11.0. The van der Waals surface area contributed by atoms with Gasteiger partial charge in [0.15, 0.2) is 6.20 Å². The summed E-state index contributed by atoms with van der Waals surface area (Å²) < 4.78 is 6.21. The van der Waals surface area contributed by atoms with Gasteiger partial charge in [-0.3, -0.25) is 0 Å². The van der Waals surface area contributed by atoms with Gasteiger partial charge in [-0.2, -0.15) is 5.26 Å². The van der Waals surface area contributed by atoms with Crippen LogP contribution in [0.4, 0.5) is 5.82 Å². The normalized spacial score (nSPS) is 11.5. The molecule has 0 radical (unpaired) electrons. The van der Waals surface area contributed by atoms with Gasteiger partial charge in [-0.1, -0.05) is 12.1 Å². The van der Waals surface area contributed by atoms with Crippen LogP contribution in [0.25, 0.3) is 0 Å². The van der Waals surface area contributed by atoms with Crippen molar-refractivity contribution in [3.63, 3.8) is 0 Å². The van der Waals surface area contributed by atoms with Crippen LogP contribution in [0.2, 0.25) is 0 Å². The molecular formula is C14H10BrN3O3. The van der Waals surface area contributed by atoms with Gasteiger partial charge in [-0.05, 0) is 50.5 Å². The van der Waals surface area contributed by atoms with Crippen molar-refractivity contribution in [2.24, 2.45) is 0 Å². The lowest BCUT2D eigenvalue weighted by atomic mass is 10.1. The van der Waals surface area contributed by atoms with Gasteiger partial charge in [-0.15, -0.1) is 0 Å². The minimum Gasteiger partial charge on any atom is -0.478 e. The zero-order chi connectivity index (χ0) is 15.4. The Labute approximate surface area is 129 Å². The SMILES string of the molecule is C[C@H](Oc1cc(Br)cnc1[N+](=O)[O-])c1cccc(C#N)c1. The topological polar surface area (TPSA) is 89.1 Å². The smallest absolute Gasteiger partial charge is 0.406 e. The summed E-state index contributed by atoms with van der Waals surface area (Å²) in [5, 5.41) is 19.8. The molecule has 7 heteroatoms. The zero-order valence-electron chi connectivity index (χ0n) is 11.0. The zero-order valence-corrected chi connectivity index (χ0v) is 12.6. The Morgan fingerprint density at radius 3 is 2.90 bits per heavy atom. The monoisotopic (exact) mass is 347 g/mol. The number of nitro groups is 1. The lowest BCUT2D eigenvalue weighted by molar-refractivity contribution is -0.390. The molecule has 6 nitrogen and oxygen atoms in total. The molecule has 0 aliphatic heterocycles. The van der Waals surface area contributed by atoms with Crippen LogP contribution in [0.15, 0.2) is 41.0 Å². The number of nitriles is 1. The molecule has 1 aromatic carbocycles. The Kier molecular flexibility index (Phi) is 4.50. The van der Waals surface area contributed by atoms with Crippen LogP contribution in [-0.4, -0.2) is 9.91 Å². The molecule has 21 heavy (non-hydrogen) atoms. The molecule has 1 heterocycles. The predicted octanol–water partition coefficient (Wildman–Crippen LogP) is 3.76. The van der Waals surface area contributed by atoms with Gasteiger partial charge in [0, 0.05) is 6.07 Å². The first-order valence-electron chi connectivity index (χ1n) is 5.98. The van der Waals surface area contributed by atoms with Crippen LogP contribution < -0.4 is 4.74 Å². The van der Waals surface area contributed by atoms with E-state index in [1.165, 1.54) is 12.3 Å². The molecule has 0 amide bonds. The largest absolute Gasteiger partial charge is 0.478 e. The second kappa shape index (κ2) is 6.33. The predicted molar refractivity (Wildman–Crippen MR) is 78.8 cm³/mol. The van der Waals surface area contributed by atoms with Crippen molar-refractivity contribution < 1.29 is 9.66 Å². The highest BCUT2D eigenvalue weighted by Crippen LogP contribution is 2.31. The van der Waals surface area contributed by atoms with Gasteiger partial charge in [-0.25, -0.2) is 0 Å². The maximum Gasteiger partial charge on any atom is 0.406 e. The third kappa shape index (κ3) is 3.55. The van der Waals surface area contributed by atoms with Crippen molar-refractivity contribution in [1.29, 1.82) is 5.26 Å². The molecule has 0 saturated carbocycles. The fourth-order valence-corrected chi connectivity index (χ4v) is 2.07. The van der Waals surface area contributed by atoms with E-state index in [0.29, 0.717) is 10.0 Å². The molecule has 106 valence electrons. The quantitative estimate of drug-likeness (QED) is 0.620. The molecule has 2 rings (SSSR count). The maximum absolute atomic E-state index is 11.0. The third-order valence-corrected chi connectivity index (χ3v) is 3.20. The molecule has 0 fully saturated rings. The van der Waals surface area contributed by atoms with Gasteiger partial charge in [0.25, 0.3) is 0 Å². The summed E-state index contributed by atoms with van der Waals surface area (Å²) in [7, 11) is 0. The Hall–Kier alpha value is -2.46. The van der Waals surface area contributed by atoms with E-state index < -0.39 is 11.0 Å². The molecule has 2 aromatic rings. The highest BCUT2D eigenvalue weighted by atomic mass is 79.9. The first-order valence-corrected chi connectivity index (χ1v) is 6.77. The number of pyridine rings is 1. The van der Waals surface area contributed by atoms with Gasteiger partial charge in [0.1, 0.15) is 6.10 Å². The molecule has 1 atom stereocenters. The second-order valence-electron chi connectivity index (χ2n) is 4.23. The minimum absolute atomic E-state index is 0.0734. The molecule has 0 N–H and O–H groups in total. The molecule has 0 unspecified atom stereocenters. The fourth-order valence-electron chi connectivity index (χ4n) is 1.76.